The zero-order valence-electron chi connectivity index (χ0n) is 15.6. The summed E-state index contributed by atoms with van der Waals surface area (Å²) in [5, 5.41) is 0. The Kier molecular flexibility index (Phi) is 17.5. The van der Waals surface area contributed by atoms with Gasteiger partial charge in [0.05, 0.1) is 42.4 Å². The molecule has 0 fully saturated rings. The van der Waals surface area contributed by atoms with E-state index in [1.165, 1.54) is 0 Å². The minimum atomic E-state index is -4.20. The first-order chi connectivity index (χ1) is 12.0. The Morgan fingerprint density at radius 2 is 1.04 bits per heavy atom. The van der Waals surface area contributed by atoms with Crippen LogP contribution in [0.1, 0.15) is 25.7 Å². The average Bonchev–Trinajstić information content (AvgIpc) is 2.48. The number of unbranched alkanes of at least 4 members (excludes halogenated alkanes) is 2. The smallest absolute Gasteiger partial charge is 0.748 e. The molecule has 1 aromatic rings. The summed E-state index contributed by atoms with van der Waals surface area (Å²) < 4.78 is 75.4. The quantitative estimate of drug-likeness (QED) is 0.141. The number of rotatable bonds is 12. The van der Waals surface area contributed by atoms with Crippen molar-refractivity contribution < 1.29 is 94.5 Å². The minimum Gasteiger partial charge on any atom is -0.748 e. The second kappa shape index (κ2) is 15.4. The first-order valence-electron chi connectivity index (χ1n) is 7.60. The molecule has 0 amide bonds. The Morgan fingerprint density at radius 3 is 1.32 bits per heavy atom. The number of benzene rings is 1. The summed E-state index contributed by atoms with van der Waals surface area (Å²) >= 11 is 6.68. The average molecular weight is 584 g/mol. The molecule has 1 rings (SSSR count). The van der Waals surface area contributed by atoms with Gasteiger partial charge >= 0.3 is 59.1 Å². The van der Waals surface area contributed by atoms with Crippen LogP contribution in [0.2, 0.25) is 0 Å². The van der Waals surface area contributed by atoms with Crippen LogP contribution in [0.15, 0.2) is 21.1 Å². The third kappa shape index (κ3) is 15.4. The molecule has 0 unspecified atom stereocenters. The van der Waals surface area contributed by atoms with Crippen LogP contribution in [0, 0.1) is 0 Å². The van der Waals surface area contributed by atoms with Crippen molar-refractivity contribution in [2.75, 3.05) is 24.7 Å². The summed E-state index contributed by atoms with van der Waals surface area (Å²) in [7, 11) is -8.40. The van der Waals surface area contributed by atoms with Crippen LogP contribution >= 0.6 is 31.9 Å². The SMILES string of the molecule is O=S(=O)([O-])CCCCOc1cc(Br)c(OCCCCS(=O)(=O)[O-])cc1Br.[Na+].[Na+]. The van der Waals surface area contributed by atoms with Crippen molar-refractivity contribution in [3.63, 3.8) is 0 Å². The number of hydrogen-bond donors (Lipinski definition) is 0. The largest absolute Gasteiger partial charge is 1.00 e. The van der Waals surface area contributed by atoms with E-state index < -0.39 is 31.7 Å². The molecule has 0 saturated carbocycles. The van der Waals surface area contributed by atoms with Gasteiger partial charge in [0.15, 0.2) is 0 Å². The standard InChI is InChI=1S/C14H20Br2O8S2.2Na/c15-11-10-14(24-6-2-4-8-26(20,21)22)12(16)9-13(11)23-5-1-3-7-25(17,18)19;;/h9-10H,1-8H2,(H,17,18,19)(H,20,21,22);;/q;2*+1/p-2. The Morgan fingerprint density at radius 1 is 0.714 bits per heavy atom. The van der Waals surface area contributed by atoms with Crippen LogP contribution in [0.25, 0.3) is 0 Å². The Labute approximate surface area is 226 Å². The molecule has 0 N–H and O–H groups in total. The van der Waals surface area contributed by atoms with E-state index in [-0.39, 0.29) is 85.2 Å². The molecule has 0 spiro atoms. The Balaban J connectivity index is 0. The topological polar surface area (TPSA) is 133 Å². The van der Waals surface area contributed by atoms with Gasteiger partial charge in [0.2, 0.25) is 0 Å². The van der Waals surface area contributed by atoms with Crippen LogP contribution in [0.4, 0.5) is 0 Å². The molecule has 0 radical (unpaired) electrons. The molecule has 0 aliphatic heterocycles. The molecule has 150 valence electrons. The van der Waals surface area contributed by atoms with E-state index in [9.17, 15) is 25.9 Å². The van der Waals surface area contributed by atoms with Gasteiger partial charge in [-0.1, -0.05) is 0 Å². The van der Waals surface area contributed by atoms with E-state index >= 15 is 0 Å². The summed E-state index contributed by atoms with van der Waals surface area (Å²) in [6.07, 6.45) is 1.30. The number of ether oxygens (including phenoxy) is 2. The van der Waals surface area contributed by atoms with Crippen LogP contribution in [0.3, 0.4) is 0 Å². The predicted octanol–water partition coefficient (Wildman–Crippen LogP) is -3.37. The van der Waals surface area contributed by atoms with Gasteiger partial charge in [-0.2, -0.15) is 0 Å². The third-order valence-electron chi connectivity index (χ3n) is 3.08. The molecule has 8 nitrogen and oxygen atoms in total. The summed E-state index contributed by atoms with van der Waals surface area (Å²) in [6, 6.07) is 3.34. The van der Waals surface area contributed by atoms with Gasteiger partial charge in [-0.25, -0.2) is 16.8 Å². The molecule has 0 aliphatic carbocycles. The van der Waals surface area contributed by atoms with E-state index in [0.717, 1.165) is 0 Å². The summed E-state index contributed by atoms with van der Waals surface area (Å²) in [6.45, 7) is 0.509. The van der Waals surface area contributed by atoms with Crippen LogP contribution in [0.5, 0.6) is 11.5 Å². The fraction of sp³-hybridized carbons (Fsp3) is 0.571. The van der Waals surface area contributed by atoms with Gasteiger partial charge < -0.3 is 18.6 Å². The molecule has 1 aromatic carbocycles. The molecule has 0 bridgehead atoms. The predicted molar refractivity (Wildman–Crippen MR) is 100 cm³/mol. The van der Waals surface area contributed by atoms with E-state index in [4.69, 9.17) is 9.47 Å². The Hall–Kier alpha value is 1.60. The number of hydrogen-bond acceptors (Lipinski definition) is 8. The van der Waals surface area contributed by atoms with Crippen molar-refractivity contribution in [3.8, 4) is 11.5 Å². The number of halogens is 2. The second-order valence-corrected chi connectivity index (χ2v) is 10.1. The van der Waals surface area contributed by atoms with Crippen molar-refractivity contribution in [2.45, 2.75) is 25.7 Å². The van der Waals surface area contributed by atoms with Crippen LogP contribution < -0.4 is 68.6 Å². The van der Waals surface area contributed by atoms with Crippen molar-refractivity contribution in [1.29, 1.82) is 0 Å². The van der Waals surface area contributed by atoms with Gasteiger partial charge in [-0.05, 0) is 69.7 Å². The molecule has 0 heterocycles. The molecular weight excluding hydrogens is 566 g/mol. The fourth-order valence-electron chi connectivity index (χ4n) is 1.86. The first kappa shape index (κ1) is 31.8. The zero-order valence-corrected chi connectivity index (χ0v) is 24.5. The van der Waals surface area contributed by atoms with Gasteiger partial charge in [0.1, 0.15) is 11.5 Å². The van der Waals surface area contributed by atoms with E-state index in [1.54, 1.807) is 12.1 Å². The van der Waals surface area contributed by atoms with E-state index in [2.05, 4.69) is 31.9 Å². The third-order valence-corrected chi connectivity index (χ3v) is 5.90. The maximum atomic E-state index is 10.5. The van der Waals surface area contributed by atoms with Gasteiger partial charge in [0.25, 0.3) is 0 Å². The molecule has 14 heteroatoms. The van der Waals surface area contributed by atoms with Crippen molar-refractivity contribution in [2.24, 2.45) is 0 Å². The molecule has 0 aliphatic rings. The molecule has 0 saturated heterocycles. The normalized spacial score (nSPS) is 11.3. The first-order valence-corrected chi connectivity index (χ1v) is 12.3. The summed E-state index contributed by atoms with van der Waals surface area (Å²) in [5.74, 6) is 0.210. The zero-order chi connectivity index (χ0) is 19.8. The summed E-state index contributed by atoms with van der Waals surface area (Å²) in [4.78, 5) is 0. The second-order valence-electron chi connectivity index (χ2n) is 5.35. The van der Waals surface area contributed by atoms with E-state index in [0.29, 0.717) is 33.3 Å². The minimum absolute atomic E-state index is 0. The van der Waals surface area contributed by atoms with Crippen LogP contribution in [-0.2, 0) is 20.2 Å². The van der Waals surface area contributed by atoms with E-state index in [1.807, 2.05) is 0 Å². The van der Waals surface area contributed by atoms with Crippen LogP contribution in [-0.4, -0.2) is 50.7 Å². The van der Waals surface area contributed by atoms with Crippen molar-refractivity contribution >= 4 is 52.1 Å². The monoisotopic (exact) mass is 582 g/mol. The molecule has 0 aromatic heterocycles. The van der Waals surface area contributed by atoms with Gasteiger partial charge in [0, 0.05) is 11.5 Å². The fourth-order valence-corrected chi connectivity index (χ4v) is 3.85. The molecule has 28 heavy (non-hydrogen) atoms. The molecular formula is C14H18Br2Na2O8S2. The Bertz CT molecular complexity index is 736. The van der Waals surface area contributed by atoms with Gasteiger partial charge in [-0.15, -0.1) is 0 Å². The molecule has 0 atom stereocenters. The van der Waals surface area contributed by atoms with Crippen molar-refractivity contribution in [1.82, 2.24) is 0 Å². The summed E-state index contributed by atoms with van der Waals surface area (Å²) in [5.41, 5.74) is 0. The maximum absolute atomic E-state index is 10.5. The van der Waals surface area contributed by atoms with Gasteiger partial charge in [-0.3, -0.25) is 0 Å². The maximum Gasteiger partial charge on any atom is 1.00 e. The van der Waals surface area contributed by atoms with Crippen molar-refractivity contribution in [3.05, 3.63) is 21.1 Å².